The van der Waals surface area contributed by atoms with Gasteiger partial charge in [0.25, 0.3) is 0 Å². The number of carbonyl (C=O) groups is 1. The molecule has 0 bridgehead atoms. The molecule has 1 aromatic heterocycles. The fourth-order valence-corrected chi connectivity index (χ4v) is 3.38. The Morgan fingerprint density at radius 2 is 1.79 bits per heavy atom. The molecule has 4 aromatic rings. The van der Waals surface area contributed by atoms with Crippen molar-refractivity contribution < 1.29 is 9.53 Å². The normalized spacial score (nSPS) is 11.0. The summed E-state index contributed by atoms with van der Waals surface area (Å²) < 4.78 is 6.51. The Morgan fingerprint density at radius 1 is 1.04 bits per heavy atom. The topological polar surface area (TPSA) is 63.6 Å². The largest absolute Gasteiger partial charge is 0.423 e. The predicted octanol–water partition coefficient (Wildman–Crippen LogP) is 5.27. The van der Waals surface area contributed by atoms with Gasteiger partial charge in [-0.05, 0) is 61.0 Å². The highest BCUT2D eigenvalue weighted by molar-refractivity contribution is 7.22. The van der Waals surface area contributed by atoms with Crippen LogP contribution in [0.3, 0.4) is 0 Å². The second-order valence-electron chi connectivity index (χ2n) is 6.18. The maximum Gasteiger partial charge on any atom is 0.343 e. The van der Waals surface area contributed by atoms with Crippen molar-refractivity contribution >= 4 is 38.9 Å². The van der Waals surface area contributed by atoms with Gasteiger partial charge in [0.05, 0.1) is 22.0 Å². The highest BCUT2D eigenvalue weighted by Gasteiger charge is 2.08. The molecule has 138 valence electrons. The number of benzene rings is 3. The Kier molecular flexibility index (Phi) is 5.12. The zero-order valence-electron chi connectivity index (χ0n) is 15.1. The Balaban J connectivity index is 1.36. The van der Waals surface area contributed by atoms with Crippen LogP contribution in [-0.2, 0) is 0 Å². The predicted molar refractivity (Wildman–Crippen MR) is 113 cm³/mol. The first kappa shape index (κ1) is 17.9. The Bertz CT molecular complexity index is 1100. The summed E-state index contributed by atoms with van der Waals surface area (Å²) in [6.45, 7) is 1.97. The van der Waals surface area contributed by atoms with E-state index in [-0.39, 0.29) is 5.97 Å². The van der Waals surface area contributed by atoms with Crippen LogP contribution in [0.4, 0.5) is 5.13 Å². The van der Waals surface area contributed by atoms with Gasteiger partial charge in [0.1, 0.15) is 5.75 Å². The highest BCUT2D eigenvalue weighted by Crippen LogP contribution is 2.25. The third kappa shape index (κ3) is 4.24. The Hall–Kier alpha value is -3.51. The van der Waals surface area contributed by atoms with Gasteiger partial charge >= 0.3 is 5.97 Å². The van der Waals surface area contributed by atoms with Crippen molar-refractivity contribution in [2.24, 2.45) is 5.10 Å². The van der Waals surface area contributed by atoms with E-state index in [0.29, 0.717) is 11.3 Å². The zero-order valence-corrected chi connectivity index (χ0v) is 15.9. The number of nitrogens with one attached hydrogen (secondary N) is 1. The van der Waals surface area contributed by atoms with Gasteiger partial charge in [0.15, 0.2) is 0 Å². The molecule has 0 saturated carbocycles. The van der Waals surface area contributed by atoms with Crippen molar-refractivity contribution in [3.05, 3.63) is 89.5 Å². The van der Waals surface area contributed by atoms with Crippen molar-refractivity contribution in [3.8, 4) is 5.75 Å². The summed E-state index contributed by atoms with van der Waals surface area (Å²) in [5, 5.41) is 4.96. The van der Waals surface area contributed by atoms with E-state index in [9.17, 15) is 4.79 Å². The molecular formula is C22H17N3O2S. The van der Waals surface area contributed by atoms with E-state index in [4.69, 9.17) is 4.74 Å². The number of para-hydroxylation sites is 1. The van der Waals surface area contributed by atoms with E-state index in [2.05, 4.69) is 15.5 Å². The molecular weight excluding hydrogens is 370 g/mol. The molecule has 1 heterocycles. The van der Waals surface area contributed by atoms with Gasteiger partial charge in [-0.3, -0.25) is 5.43 Å². The summed E-state index contributed by atoms with van der Waals surface area (Å²) in [6, 6.07) is 22.4. The van der Waals surface area contributed by atoms with Gasteiger partial charge in [-0.2, -0.15) is 5.10 Å². The van der Waals surface area contributed by atoms with Gasteiger partial charge in [-0.25, -0.2) is 9.78 Å². The second kappa shape index (κ2) is 8.02. The molecule has 0 unspecified atom stereocenters. The smallest absolute Gasteiger partial charge is 0.343 e. The fourth-order valence-electron chi connectivity index (χ4n) is 2.56. The number of anilines is 1. The number of hydrogen-bond acceptors (Lipinski definition) is 6. The summed E-state index contributed by atoms with van der Waals surface area (Å²) in [5.41, 5.74) is 6.40. The average molecular weight is 387 g/mol. The summed E-state index contributed by atoms with van der Waals surface area (Å²) >= 11 is 1.55. The molecule has 4 rings (SSSR count). The van der Waals surface area contributed by atoms with E-state index in [1.807, 2.05) is 55.5 Å². The average Bonchev–Trinajstić information content (AvgIpc) is 3.12. The lowest BCUT2D eigenvalue weighted by molar-refractivity contribution is 0.0735. The molecule has 6 heteroatoms. The molecule has 0 radical (unpaired) electrons. The van der Waals surface area contributed by atoms with Crippen molar-refractivity contribution in [1.82, 2.24) is 4.98 Å². The summed E-state index contributed by atoms with van der Waals surface area (Å²) in [5.74, 6) is 0.112. The number of nitrogens with zero attached hydrogens (tertiary/aromatic N) is 2. The SMILES string of the molecule is Cc1ccc(C(=O)Oc2ccc(/C=N\Nc3nc4ccccc4s3)cc2)cc1. The van der Waals surface area contributed by atoms with E-state index in [0.717, 1.165) is 26.5 Å². The quantitative estimate of drug-likeness (QED) is 0.219. The number of thiazole rings is 1. The minimum absolute atomic E-state index is 0.376. The summed E-state index contributed by atoms with van der Waals surface area (Å²) in [4.78, 5) is 16.6. The van der Waals surface area contributed by atoms with Crippen molar-refractivity contribution in [2.75, 3.05) is 5.43 Å². The second-order valence-corrected chi connectivity index (χ2v) is 7.21. The van der Waals surface area contributed by atoms with Crippen molar-refractivity contribution in [2.45, 2.75) is 6.92 Å². The molecule has 0 aliphatic heterocycles. The van der Waals surface area contributed by atoms with E-state index in [1.54, 1.807) is 41.8 Å². The number of aryl methyl sites for hydroxylation is 1. The van der Waals surface area contributed by atoms with E-state index >= 15 is 0 Å². The Morgan fingerprint density at radius 3 is 2.54 bits per heavy atom. The van der Waals surface area contributed by atoms with Gasteiger partial charge in [-0.15, -0.1) is 0 Å². The number of hydrogen-bond donors (Lipinski definition) is 1. The van der Waals surface area contributed by atoms with Crippen LogP contribution in [0.5, 0.6) is 5.75 Å². The molecule has 0 spiro atoms. The molecule has 1 N–H and O–H groups in total. The van der Waals surface area contributed by atoms with Gasteiger partial charge in [0.2, 0.25) is 5.13 Å². The lowest BCUT2D eigenvalue weighted by Gasteiger charge is -2.05. The monoisotopic (exact) mass is 387 g/mol. The first-order chi connectivity index (χ1) is 13.7. The van der Waals surface area contributed by atoms with Gasteiger partial charge in [-0.1, -0.05) is 41.2 Å². The lowest BCUT2D eigenvalue weighted by atomic mass is 10.1. The molecule has 28 heavy (non-hydrogen) atoms. The first-order valence-corrected chi connectivity index (χ1v) is 9.52. The number of carbonyl (C=O) groups excluding carboxylic acids is 1. The van der Waals surface area contributed by atoms with E-state index in [1.165, 1.54) is 0 Å². The van der Waals surface area contributed by atoms with Crippen LogP contribution >= 0.6 is 11.3 Å². The maximum atomic E-state index is 12.1. The number of esters is 1. The molecule has 0 fully saturated rings. The van der Waals surface area contributed by atoms with E-state index < -0.39 is 0 Å². The van der Waals surface area contributed by atoms with Crippen molar-refractivity contribution in [3.63, 3.8) is 0 Å². The number of fused-ring (bicyclic) bond motifs is 1. The standard InChI is InChI=1S/C22H17N3O2S/c1-15-6-10-17(11-7-15)21(26)27-18-12-8-16(9-13-18)14-23-25-22-24-19-4-2-3-5-20(19)28-22/h2-14H,1H3,(H,24,25)/b23-14-. The van der Waals surface area contributed by atoms with Crippen LogP contribution in [0, 0.1) is 6.92 Å². The zero-order chi connectivity index (χ0) is 19.3. The summed E-state index contributed by atoms with van der Waals surface area (Å²) in [6.07, 6.45) is 1.69. The number of ether oxygens (including phenoxy) is 1. The van der Waals surface area contributed by atoms with Gasteiger partial charge < -0.3 is 4.74 Å². The van der Waals surface area contributed by atoms with Crippen LogP contribution in [-0.4, -0.2) is 17.2 Å². The van der Waals surface area contributed by atoms with Gasteiger partial charge in [0, 0.05) is 0 Å². The minimum Gasteiger partial charge on any atom is -0.423 e. The molecule has 0 aliphatic rings. The molecule has 3 aromatic carbocycles. The third-order valence-electron chi connectivity index (χ3n) is 4.05. The van der Waals surface area contributed by atoms with Crippen LogP contribution in [0.2, 0.25) is 0 Å². The maximum absolute atomic E-state index is 12.1. The van der Waals surface area contributed by atoms with Crippen LogP contribution in [0.1, 0.15) is 21.5 Å². The Labute approximate surface area is 166 Å². The molecule has 0 saturated heterocycles. The molecule has 5 nitrogen and oxygen atoms in total. The fraction of sp³-hybridized carbons (Fsp3) is 0.0455. The molecule has 0 aliphatic carbocycles. The third-order valence-corrected chi connectivity index (χ3v) is 4.99. The number of rotatable bonds is 5. The van der Waals surface area contributed by atoms with Crippen LogP contribution in [0.25, 0.3) is 10.2 Å². The minimum atomic E-state index is -0.376. The highest BCUT2D eigenvalue weighted by atomic mass is 32.1. The lowest BCUT2D eigenvalue weighted by Crippen LogP contribution is -2.08. The molecule has 0 atom stereocenters. The van der Waals surface area contributed by atoms with Crippen LogP contribution < -0.4 is 10.2 Å². The first-order valence-electron chi connectivity index (χ1n) is 8.71. The van der Waals surface area contributed by atoms with Crippen LogP contribution in [0.15, 0.2) is 77.9 Å². The molecule has 0 amide bonds. The van der Waals surface area contributed by atoms with Crippen molar-refractivity contribution in [1.29, 1.82) is 0 Å². The summed E-state index contributed by atoms with van der Waals surface area (Å²) in [7, 11) is 0. The number of aromatic nitrogens is 1. The number of hydrazone groups is 1.